The Morgan fingerprint density at radius 3 is 2.00 bits per heavy atom. The Bertz CT molecular complexity index is 486. The molecule has 1 atom stereocenters. The second-order valence-electron chi connectivity index (χ2n) is 4.23. The van der Waals surface area contributed by atoms with Crippen molar-refractivity contribution in [2.75, 3.05) is 6.61 Å². The van der Waals surface area contributed by atoms with Crippen LogP contribution in [0.25, 0.3) is 0 Å². The highest BCUT2D eigenvalue weighted by molar-refractivity contribution is 5.85. The Hall–Kier alpha value is -1.48. The predicted molar refractivity (Wildman–Crippen MR) is 67.4 cm³/mol. The largest absolute Gasteiger partial charge is 0.455 e. The Kier molecular flexibility index (Phi) is 7.17. The quantitative estimate of drug-likeness (QED) is 0.670. The first-order valence-corrected chi connectivity index (χ1v) is 5.64. The SMILES string of the molecule is Cl.N[C@@H](Cc1ccc(C(F)(F)F)cc1)C(=O)OCC(F)(F)F. The van der Waals surface area contributed by atoms with Crippen molar-refractivity contribution in [3.8, 4) is 0 Å². The van der Waals surface area contributed by atoms with Gasteiger partial charge in [-0.3, -0.25) is 4.79 Å². The molecule has 22 heavy (non-hydrogen) atoms. The van der Waals surface area contributed by atoms with Crippen LogP contribution in [0.5, 0.6) is 0 Å². The van der Waals surface area contributed by atoms with Gasteiger partial charge < -0.3 is 10.5 Å². The van der Waals surface area contributed by atoms with Gasteiger partial charge in [0.15, 0.2) is 6.61 Å². The number of carbonyl (C=O) groups is 1. The van der Waals surface area contributed by atoms with Crippen molar-refractivity contribution < 1.29 is 35.9 Å². The van der Waals surface area contributed by atoms with Crippen molar-refractivity contribution in [3.05, 3.63) is 35.4 Å². The van der Waals surface area contributed by atoms with Gasteiger partial charge in [0.2, 0.25) is 0 Å². The maximum Gasteiger partial charge on any atom is 0.422 e. The fourth-order valence-electron chi connectivity index (χ4n) is 1.43. The minimum Gasteiger partial charge on any atom is -0.455 e. The molecule has 126 valence electrons. The monoisotopic (exact) mass is 351 g/mol. The zero-order chi connectivity index (χ0) is 16.3. The second-order valence-corrected chi connectivity index (χ2v) is 4.23. The van der Waals surface area contributed by atoms with E-state index < -0.39 is 36.5 Å². The molecular formula is C12H12ClF6NO2. The summed E-state index contributed by atoms with van der Waals surface area (Å²) in [7, 11) is 0. The Morgan fingerprint density at radius 2 is 1.59 bits per heavy atom. The van der Waals surface area contributed by atoms with Crippen LogP contribution in [0, 0.1) is 0 Å². The molecule has 0 unspecified atom stereocenters. The number of esters is 1. The van der Waals surface area contributed by atoms with E-state index >= 15 is 0 Å². The summed E-state index contributed by atoms with van der Waals surface area (Å²) in [5, 5.41) is 0. The lowest BCUT2D eigenvalue weighted by atomic mass is 10.0. The van der Waals surface area contributed by atoms with E-state index in [0.717, 1.165) is 24.3 Å². The molecule has 0 aromatic heterocycles. The van der Waals surface area contributed by atoms with Crippen LogP contribution in [0.4, 0.5) is 26.3 Å². The highest BCUT2D eigenvalue weighted by Gasteiger charge is 2.31. The number of hydrogen-bond acceptors (Lipinski definition) is 3. The van der Waals surface area contributed by atoms with E-state index in [4.69, 9.17) is 5.73 Å². The van der Waals surface area contributed by atoms with Gasteiger partial charge in [0.1, 0.15) is 6.04 Å². The smallest absolute Gasteiger partial charge is 0.422 e. The number of nitrogens with two attached hydrogens (primary N) is 1. The molecule has 0 saturated heterocycles. The van der Waals surface area contributed by atoms with E-state index in [1.54, 1.807) is 0 Å². The summed E-state index contributed by atoms with van der Waals surface area (Å²) >= 11 is 0. The van der Waals surface area contributed by atoms with Crippen LogP contribution in [0.3, 0.4) is 0 Å². The molecule has 0 spiro atoms. The molecule has 0 saturated carbocycles. The molecule has 0 bridgehead atoms. The third-order valence-electron chi connectivity index (χ3n) is 2.42. The van der Waals surface area contributed by atoms with Crippen LogP contribution < -0.4 is 5.73 Å². The maximum absolute atomic E-state index is 12.3. The number of alkyl halides is 6. The van der Waals surface area contributed by atoms with Gasteiger partial charge in [0.25, 0.3) is 0 Å². The van der Waals surface area contributed by atoms with Gasteiger partial charge in [-0.05, 0) is 24.1 Å². The minimum absolute atomic E-state index is 0. The van der Waals surface area contributed by atoms with Crippen LogP contribution in [0.1, 0.15) is 11.1 Å². The minimum atomic E-state index is -4.66. The van der Waals surface area contributed by atoms with E-state index in [1.807, 2.05) is 0 Å². The van der Waals surface area contributed by atoms with Crippen LogP contribution in [-0.2, 0) is 22.1 Å². The van der Waals surface area contributed by atoms with Gasteiger partial charge in [-0.15, -0.1) is 12.4 Å². The topological polar surface area (TPSA) is 52.3 Å². The number of benzene rings is 1. The third kappa shape index (κ3) is 6.99. The summed E-state index contributed by atoms with van der Waals surface area (Å²) in [5.74, 6) is -1.27. The van der Waals surface area contributed by atoms with E-state index in [-0.39, 0.29) is 24.4 Å². The average Bonchev–Trinajstić information content (AvgIpc) is 2.34. The van der Waals surface area contributed by atoms with Gasteiger partial charge in [-0.1, -0.05) is 12.1 Å². The summed E-state index contributed by atoms with van der Waals surface area (Å²) in [6, 6.07) is 2.40. The highest BCUT2D eigenvalue weighted by atomic mass is 35.5. The number of rotatable bonds is 4. The molecular weight excluding hydrogens is 340 g/mol. The average molecular weight is 352 g/mol. The second kappa shape index (κ2) is 7.68. The molecule has 0 fully saturated rings. The molecule has 1 aromatic rings. The lowest BCUT2D eigenvalue weighted by Crippen LogP contribution is -2.36. The molecule has 2 N–H and O–H groups in total. The zero-order valence-corrected chi connectivity index (χ0v) is 11.7. The molecule has 0 aliphatic carbocycles. The Labute approximate surface area is 127 Å². The summed E-state index contributed by atoms with van der Waals surface area (Å²) in [5.41, 5.74) is 4.74. The summed E-state index contributed by atoms with van der Waals surface area (Å²) in [6.45, 7) is -1.76. The summed E-state index contributed by atoms with van der Waals surface area (Å²) in [4.78, 5) is 11.2. The van der Waals surface area contributed by atoms with Crippen LogP contribution in [0.15, 0.2) is 24.3 Å². The molecule has 3 nitrogen and oxygen atoms in total. The summed E-state index contributed by atoms with van der Waals surface area (Å²) < 4.78 is 76.4. The van der Waals surface area contributed by atoms with Gasteiger partial charge in [-0.25, -0.2) is 0 Å². The van der Waals surface area contributed by atoms with Crippen molar-refractivity contribution in [3.63, 3.8) is 0 Å². The molecule has 0 aliphatic rings. The number of ether oxygens (including phenoxy) is 1. The highest BCUT2D eigenvalue weighted by Crippen LogP contribution is 2.29. The first kappa shape index (κ1) is 20.5. The van der Waals surface area contributed by atoms with E-state index in [2.05, 4.69) is 4.74 Å². The molecule has 1 rings (SSSR count). The van der Waals surface area contributed by atoms with Gasteiger partial charge >= 0.3 is 18.3 Å². The Morgan fingerprint density at radius 1 is 1.09 bits per heavy atom. The van der Waals surface area contributed by atoms with Gasteiger partial charge in [0.05, 0.1) is 5.56 Å². The van der Waals surface area contributed by atoms with Crippen molar-refractivity contribution in [2.24, 2.45) is 5.73 Å². The number of hydrogen-bond donors (Lipinski definition) is 1. The normalized spacial score (nSPS) is 13.2. The van der Waals surface area contributed by atoms with Crippen LogP contribution >= 0.6 is 12.4 Å². The maximum atomic E-state index is 12.3. The first-order chi connectivity index (χ1) is 9.49. The standard InChI is InChI=1S/C12H11F6NO2.ClH/c13-11(14,15)6-21-10(20)9(19)5-7-1-3-8(4-2-7)12(16,17)18;/h1-4,9H,5-6,19H2;1H/t9-;/m0./s1. The van der Waals surface area contributed by atoms with Gasteiger partial charge in [-0.2, -0.15) is 26.3 Å². The van der Waals surface area contributed by atoms with Crippen molar-refractivity contribution >= 4 is 18.4 Å². The summed E-state index contributed by atoms with van der Waals surface area (Å²) in [6.07, 6.45) is -9.38. The molecule has 0 radical (unpaired) electrons. The molecule has 0 aliphatic heterocycles. The molecule has 1 aromatic carbocycles. The lowest BCUT2D eigenvalue weighted by molar-refractivity contribution is -0.187. The van der Waals surface area contributed by atoms with Crippen molar-refractivity contribution in [1.82, 2.24) is 0 Å². The third-order valence-corrected chi connectivity index (χ3v) is 2.42. The lowest BCUT2D eigenvalue weighted by Gasteiger charge is -2.13. The predicted octanol–water partition coefficient (Wildman–Crippen LogP) is 3.10. The fourth-order valence-corrected chi connectivity index (χ4v) is 1.43. The van der Waals surface area contributed by atoms with Crippen LogP contribution in [-0.4, -0.2) is 24.8 Å². The van der Waals surface area contributed by atoms with E-state index in [0.29, 0.717) is 0 Å². The zero-order valence-electron chi connectivity index (χ0n) is 10.9. The van der Waals surface area contributed by atoms with Crippen LogP contribution in [0.2, 0.25) is 0 Å². The van der Waals surface area contributed by atoms with E-state index in [1.165, 1.54) is 0 Å². The molecule has 0 amide bonds. The fraction of sp³-hybridized carbons (Fsp3) is 0.417. The molecule has 0 heterocycles. The van der Waals surface area contributed by atoms with Crippen molar-refractivity contribution in [2.45, 2.75) is 24.8 Å². The number of carbonyl (C=O) groups excluding carboxylic acids is 1. The van der Waals surface area contributed by atoms with E-state index in [9.17, 15) is 31.1 Å². The van der Waals surface area contributed by atoms with Crippen molar-refractivity contribution in [1.29, 1.82) is 0 Å². The first-order valence-electron chi connectivity index (χ1n) is 5.64. The number of halogens is 7. The van der Waals surface area contributed by atoms with Gasteiger partial charge in [0, 0.05) is 0 Å². The Balaban J connectivity index is 0.00000441. The molecule has 10 heteroatoms.